The predicted octanol–water partition coefficient (Wildman–Crippen LogP) is 4.79. The molecule has 2 aliphatic rings. The number of anilines is 4. The van der Waals surface area contributed by atoms with Crippen LogP contribution in [0.3, 0.4) is 0 Å². The summed E-state index contributed by atoms with van der Waals surface area (Å²) in [5, 5.41) is 27.1. The van der Waals surface area contributed by atoms with Crippen LogP contribution in [-0.4, -0.2) is 39.8 Å². The van der Waals surface area contributed by atoms with Crippen molar-refractivity contribution in [1.29, 1.82) is 0 Å². The molecule has 0 saturated carbocycles. The normalized spacial score (nSPS) is 19.5. The lowest BCUT2D eigenvalue weighted by molar-refractivity contribution is -0.539. The van der Waals surface area contributed by atoms with Gasteiger partial charge in [0, 0.05) is 18.3 Å². The van der Waals surface area contributed by atoms with Gasteiger partial charge in [0.1, 0.15) is 5.54 Å². The zero-order chi connectivity index (χ0) is 21.1. The van der Waals surface area contributed by atoms with Gasteiger partial charge in [0.25, 0.3) is 0 Å². The molecule has 0 fully saturated rings. The lowest BCUT2D eigenvalue weighted by atomic mass is 9.84. The Labute approximate surface area is 172 Å². The summed E-state index contributed by atoms with van der Waals surface area (Å²) < 4.78 is 0.881. The Morgan fingerprint density at radius 3 is 1.86 bits per heavy atom. The van der Waals surface area contributed by atoms with E-state index >= 15 is 0 Å². The zero-order valence-corrected chi connectivity index (χ0v) is 18.1. The van der Waals surface area contributed by atoms with Crippen molar-refractivity contribution in [2.75, 3.05) is 22.9 Å². The SMILES string of the molecule is CCN1c2ccccc2N(CC)c2cc(C3=[N+]([O-])C(C)(C)C(C)(C)N3[O])ccc21. The summed E-state index contributed by atoms with van der Waals surface area (Å²) in [5.74, 6) is 0.181. The Morgan fingerprint density at radius 1 is 0.862 bits per heavy atom. The average molecular weight is 394 g/mol. The number of amidine groups is 1. The second-order valence-electron chi connectivity index (χ2n) is 8.71. The number of para-hydroxylation sites is 2. The van der Waals surface area contributed by atoms with E-state index in [9.17, 15) is 10.4 Å². The predicted molar refractivity (Wildman–Crippen MR) is 117 cm³/mol. The first kappa shape index (κ1) is 19.6. The van der Waals surface area contributed by atoms with Crippen LogP contribution in [0.4, 0.5) is 22.7 Å². The molecular formula is C23H29N4O2. The molecule has 0 amide bonds. The molecule has 0 unspecified atom stereocenters. The third kappa shape index (κ3) is 2.48. The molecule has 0 saturated heterocycles. The van der Waals surface area contributed by atoms with Gasteiger partial charge in [-0.15, -0.1) is 0 Å². The lowest BCUT2D eigenvalue weighted by Gasteiger charge is -2.39. The second-order valence-corrected chi connectivity index (χ2v) is 8.71. The van der Waals surface area contributed by atoms with E-state index in [1.165, 1.54) is 5.69 Å². The molecule has 2 aromatic rings. The molecule has 6 nitrogen and oxygen atoms in total. The van der Waals surface area contributed by atoms with Crippen LogP contribution < -0.4 is 9.80 Å². The van der Waals surface area contributed by atoms with Crippen molar-refractivity contribution in [3.05, 3.63) is 53.2 Å². The number of benzene rings is 2. The molecule has 1 radical (unpaired) electrons. The van der Waals surface area contributed by atoms with E-state index in [0.29, 0.717) is 5.56 Å². The molecule has 2 heterocycles. The first-order valence-electron chi connectivity index (χ1n) is 10.3. The number of fused-ring (bicyclic) bond motifs is 2. The zero-order valence-electron chi connectivity index (χ0n) is 18.1. The maximum atomic E-state index is 13.1. The van der Waals surface area contributed by atoms with Crippen LogP contribution in [0.2, 0.25) is 0 Å². The van der Waals surface area contributed by atoms with Crippen LogP contribution in [0.15, 0.2) is 42.5 Å². The fourth-order valence-electron chi connectivity index (χ4n) is 4.31. The highest BCUT2D eigenvalue weighted by molar-refractivity contribution is 6.01. The van der Waals surface area contributed by atoms with E-state index in [2.05, 4.69) is 41.8 Å². The highest BCUT2D eigenvalue weighted by Crippen LogP contribution is 2.48. The van der Waals surface area contributed by atoms with Gasteiger partial charge in [-0.05, 0) is 71.9 Å². The first-order chi connectivity index (χ1) is 13.7. The third-order valence-electron chi connectivity index (χ3n) is 6.81. The Bertz CT molecular complexity index is 996. The molecule has 29 heavy (non-hydrogen) atoms. The van der Waals surface area contributed by atoms with Crippen LogP contribution in [0.25, 0.3) is 0 Å². The summed E-state index contributed by atoms with van der Waals surface area (Å²) in [5.41, 5.74) is 3.41. The largest absolute Gasteiger partial charge is 0.714 e. The number of rotatable bonds is 3. The van der Waals surface area contributed by atoms with Gasteiger partial charge < -0.3 is 15.0 Å². The van der Waals surface area contributed by atoms with E-state index in [1.54, 1.807) is 0 Å². The molecule has 0 aromatic heterocycles. The lowest BCUT2D eigenvalue weighted by Crippen LogP contribution is -2.53. The number of nitrogens with zero attached hydrogens (tertiary/aromatic N) is 4. The van der Waals surface area contributed by atoms with Gasteiger partial charge in [-0.25, -0.2) is 0 Å². The minimum Gasteiger partial charge on any atom is -0.714 e. The standard InChI is InChI=1S/C23H29N4O2/c1-7-24-17-11-9-10-12-18(17)25(8-2)20-15-16(13-14-19(20)24)21-26(28)22(3,4)23(5,6)27(21)29/h9-15H,7-8H2,1-6H3. The third-order valence-corrected chi connectivity index (χ3v) is 6.81. The Kier molecular flexibility index (Phi) is 4.31. The van der Waals surface area contributed by atoms with E-state index in [1.807, 2.05) is 52.0 Å². The van der Waals surface area contributed by atoms with E-state index in [0.717, 1.165) is 40.0 Å². The van der Waals surface area contributed by atoms with Crippen molar-refractivity contribution < 1.29 is 9.95 Å². The van der Waals surface area contributed by atoms with Crippen molar-refractivity contribution in [2.45, 2.75) is 52.6 Å². The fourth-order valence-corrected chi connectivity index (χ4v) is 4.31. The molecule has 2 aromatic carbocycles. The molecule has 4 rings (SSSR count). The summed E-state index contributed by atoms with van der Waals surface area (Å²) >= 11 is 0. The fraction of sp³-hybridized carbons (Fsp3) is 0.435. The Hall–Kier alpha value is -2.73. The van der Waals surface area contributed by atoms with Crippen molar-refractivity contribution in [1.82, 2.24) is 5.06 Å². The van der Waals surface area contributed by atoms with Gasteiger partial charge in [-0.3, -0.25) is 4.74 Å². The molecule has 2 aliphatic heterocycles. The second kappa shape index (κ2) is 6.39. The maximum absolute atomic E-state index is 13.1. The van der Waals surface area contributed by atoms with Gasteiger partial charge in [0.05, 0.1) is 28.3 Å². The molecule has 153 valence electrons. The van der Waals surface area contributed by atoms with Gasteiger partial charge >= 0.3 is 5.84 Å². The number of hydrogen-bond acceptors (Lipinski definition) is 4. The highest BCUT2D eigenvalue weighted by atomic mass is 16.5. The Balaban J connectivity index is 1.90. The van der Waals surface area contributed by atoms with Crippen molar-refractivity contribution in [3.8, 4) is 0 Å². The van der Waals surface area contributed by atoms with E-state index < -0.39 is 11.1 Å². The van der Waals surface area contributed by atoms with E-state index in [-0.39, 0.29) is 5.84 Å². The number of hydroxylamine groups is 3. The Morgan fingerprint density at radius 2 is 1.38 bits per heavy atom. The molecular weight excluding hydrogens is 364 g/mol. The van der Waals surface area contributed by atoms with Gasteiger partial charge in [0.2, 0.25) is 0 Å². The molecule has 0 bridgehead atoms. The summed E-state index contributed by atoms with van der Waals surface area (Å²) in [4.78, 5) is 4.52. The topological polar surface area (TPSA) is 55.7 Å². The molecule has 0 spiro atoms. The minimum absolute atomic E-state index is 0.181. The number of hydrogen-bond donors (Lipinski definition) is 0. The van der Waals surface area contributed by atoms with Crippen molar-refractivity contribution in [2.24, 2.45) is 0 Å². The smallest absolute Gasteiger partial charge is 0.316 e. The minimum atomic E-state index is -0.827. The van der Waals surface area contributed by atoms with Gasteiger partial charge in [0.15, 0.2) is 5.54 Å². The molecule has 0 atom stereocenters. The summed E-state index contributed by atoms with van der Waals surface area (Å²) in [6.07, 6.45) is 0. The van der Waals surface area contributed by atoms with Gasteiger partial charge in [-0.1, -0.05) is 17.2 Å². The maximum Gasteiger partial charge on any atom is 0.316 e. The summed E-state index contributed by atoms with van der Waals surface area (Å²) in [6.45, 7) is 13.2. The molecule has 6 heteroatoms. The van der Waals surface area contributed by atoms with Crippen molar-refractivity contribution >= 4 is 28.6 Å². The average Bonchev–Trinajstić information content (AvgIpc) is 2.82. The van der Waals surface area contributed by atoms with Crippen molar-refractivity contribution in [3.63, 3.8) is 0 Å². The van der Waals surface area contributed by atoms with Crippen LogP contribution in [0, 0.1) is 5.21 Å². The molecule has 0 N–H and O–H groups in total. The van der Waals surface area contributed by atoms with Crippen LogP contribution in [0.5, 0.6) is 0 Å². The quantitative estimate of drug-likeness (QED) is 0.556. The summed E-state index contributed by atoms with van der Waals surface area (Å²) in [6, 6.07) is 14.3. The van der Waals surface area contributed by atoms with Gasteiger partial charge in [-0.2, -0.15) is 0 Å². The van der Waals surface area contributed by atoms with Crippen LogP contribution >= 0.6 is 0 Å². The highest BCUT2D eigenvalue weighted by Gasteiger charge is 2.60. The van der Waals surface area contributed by atoms with Crippen LogP contribution in [-0.2, 0) is 5.21 Å². The first-order valence-corrected chi connectivity index (χ1v) is 10.3. The van der Waals surface area contributed by atoms with Crippen LogP contribution in [0.1, 0.15) is 47.1 Å². The molecule has 0 aliphatic carbocycles. The summed E-state index contributed by atoms with van der Waals surface area (Å²) in [7, 11) is 0. The van der Waals surface area contributed by atoms with E-state index in [4.69, 9.17) is 0 Å². The monoisotopic (exact) mass is 393 g/mol.